The summed E-state index contributed by atoms with van der Waals surface area (Å²) in [7, 11) is 1.59. The minimum atomic E-state index is -0.340. The molecular formula is C15H22N4O3. The third-order valence-corrected chi connectivity index (χ3v) is 3.70. The number of amides is 1. The Balaban J connectivity index is 2.37. The molecule has 2 rings (SSSR count). The van der Waals surface area contributed by atoms with Gasteiger partial charge in [0, 0.05) is 19.6 Å². The van der Waals surface area contributed by atoms with Crippen LogP contribution in [0.5, 0.6) is 0 Å². The van der Waals surface area contributed by atoms with Crippen molar-refractivity contribution in [3.05, 3.63) is 28.0 Å². The van der Waals surface area contributed by atoms with Crippen LogP contribution in [-0.4, -0.2) is 28.0 Å². The maximum Gasteiger partial charge on any atom is 0.265 e. The molecule has 7 nitrogen and oxygen atoms in total. The molecule has 3 N–H and O–H groups in total. The Morgan fingerprint density at radius 1 is 1.55 bits per heavy atom. The Bertz CT molecular complexity index is 732. The molecule has 0 saturated carbocycles. The third-order valence-electron chi connectivity index (χ3n) is 3.70. The number of nitrogens with two attached hydrogens (primary N) is 1. The fourth-order valence-corrected chi connectivity index (χ4v) is 2.42. The van der Waals surface area contributed by atoms with Crippen LogP contribution in [0.2, 0.25) is 0 Å². The highest BCUT2D eigenvalue weighted by molar-refractivity contribution is 6.06. The molecule has 1 amide bonds. The van der Waals surface area contributed by atoms with Crippen LogP contribution in [0, 0.1) is 6.92 Å². The monoisotopic (exact) mass is 306 g/mol. The van der Waals surface area contributed by atoms with Gasteiger partial charge in [-0.2, -0.15) is 0 Å². The molecule has 1 atom stereocenters. The highest BCUT2D eigenvalue weighted by Crippen LogP contribution is 2.20. The predicted molar refractivity (Wildman–Crippen MR) is 83.8 cm³/mol. The smallest absolute Gasteiger partial charge is 0.265 e. The lowest BCUT2D eigenvalue weighted by Crippen LogP contribution is -2.40. The Labute approximate surface area is 128 Å². The first kappa shape index (κ1) is 16.2. The van der Waals surface area contributed by atoms with E-state index in [1.54, 1.807) is 14.0 Å². The van der Waals surface area contributed by atoms with Crippen molar-refractivity contribution in [2.45, 2.75) is 39.2 Å². The molecule has 0 saturated heterocycles. The Morgan fingerprint density at radius 3 is 2.91 bits per heavy atom. The van der Waals surface area contributed by atoms with Gasteiger partial charge in [-0.15, -0.1) is 0 Å². The van der Waals surface area contributed by atoms with Gasteiger partial charge < -0.3 is 20.0 Å². The zero-order valence-electron chi connectivity index (χ0n) is 13.2. The van der Waals surface area contributed by atoms with Crippen molar-refractivity contribution in [3.63, 3.8) is 0 Å². The first-order valence-electron chi connectivity index (χ1n) is 7.45. The summed E-state index contributed by atoms with van der Waals surface area (Å²) in [4.78, 5) is 28.8. The number of unbranched alkanes of at least 4 members (excludes halogenated alkanes) is 1. The number of aryl methyl sites for hydroxylation is 2. The Morgan fingerprint density at radius 2 is 2.27 bits per heavy atom. The van der Waals surface area contributed by atoms with Crippen LogP contribution < -0.4 is 16.6 Å². The first-order chi connectivity index (χ1) is 10.5. The fraction of sp³-hybridized carbons (Fsp3) is 0.533. The van der Waals surface area contributed by atoms with Crippen molar-refractivity contribution < 1.29 is 9.21 Å². The lowest BCUT2D eigenvalue weighted by Gasteiger charge is -2.16. The maximum atomic E-state index is 12.5. The van der Waals surface area contributed by atoms with E-state index in [0.29, 0.717) is 12.3 Å². The molecule has 1 unspecified atom stereocenters. The summed E-state index contributed by atoms with van der Waals surface area (Å²) >= 11 is 0. The average Bonchev–Trinajstić information content (AvgIpc) is 2.84. The van der Waals surface area contributed by atoms with Crippen LogP contribution in [0.4, 0.5) is 0 Å². The van der Waals surface area contributed by atoms with Gasteiger partial charge in [0.2, 0.25) is 5.71 Å². The highest BCUT2D eigenvalue weighted by atomic mass is 16.3. The van der Waals surface area contributed by atoms with Gasteiger partial charge in [0.05, 0.1) is 5.56 Å². The fourth-order valence-electron chi connectivity index (χ4n) is 2.42. The molecule has 0 aromatic carbocycles. The minimum absolute atomic E-state index is 0.114. The van der Waals surface area contributed by atoms with Crippen LogP contribution in [-0.2, 0) is 7.05 Å². The van der Waals surface area contributed by atoms with Gasteiger partial charge in [0.1, 0.15) is 17.5 Å². The second kappa shape index (κ2) is 6.74. The van der Waals surface area contributed by atoms with E-state index in [0.717, 1.165) is 19.3 Å². The lowest BCUT2D eigenvalue weighted by molar-refractivity contribution is 0.0935. The van der Waals surface area contributed by atoms with Gasteiger partial charge in [-0.25, -0.2) is 4.98 Å². The van der Waals surface area contributed by atoms with E-state index in [-0.39, 0.29) is 34.2 Å². The number of rotatable bonds is 6. The molecule has 2 aromatic rings. The van der Waals surface area contributed by atoms with Crippen molar-refractivity contribution in [2.75, 3.05) is 6.54 Å². The Hall–Kier alpha value is -2.15. The number of aromatic nitrogens is 2. The molecular weight excluding hydrogens is 284 g/mol. The van der Waals surface area contributed by atoms with Gasteiger partial charge in [-0.1, -0.05) is 19.8 Å². The predicted octanol–water partition coefficient (Wildman–Crippen LogP) is 1.08. The number of furan rings is 1. The van der Waals surface area contributed by atoms with E-state index in [2.05, 4.69) is 17.2 Å². The SMILES string of the molecule is CCCCC(CN)NC(=O)c1c(C)oc2ncn(C)c(=O)c12. The molecule has 0 spiro atoms. The number of hydrogen-bond donors (Lipinski definition) is 2. The number of fused-ring (bicyclic) bond motifs is 1. The largest absolute Gasteiger partial charge is 0.442 e. The molecule has 0 aliphatic rings. The summed E-state index contributed by atoms with van der Waals surface area (Å²) in [6, 6.07) is -0.114. The van der Waals surface area contributed by atoms with Gasteiger partial charge >= 0.3 is 0 Å². The topological polar surface area (TPSA) is 103 Å². The van der Waals surface area contributed by atoms with Gasteiger partial charge in [-0.05, 0) is 13.3 Å². The average molecular weight is 306 g/mol. The number of hydrogen-bond acceptors (Lipinski definition) is 5. The van der Waals surface area contributed by atoms with Gasteiger partial charge in [-0.3, -0.25) is 9.59 Å². The van der Waals surface area contributed by atoms with E-state index < -0.39 is 0 Å². The van der Waals surface area contributed by atoms with Crippen LogP contribution in [0.15, 0.2) is 15.5 Å². The quantitative estimate of drug-likeness (QED) is 0.831. The van der Waals surface area contributed by atoms with E-state index >= 15 is 0 Å². The maximum absolute atomic E-state index is 12.5. The molecule has 2 aromatic heterocycles. The van der Waals surface area contributed by atoms with E-state index in [4.69, 9.17) is 10.2 Å². The lowest BCUT2D eigenvalue weighted by atomic mass is 10.1. The van der Waals surface area contributed by atoms with Crippen molar-refractivity contribution in [1.82, 2.24) is 14.9 Å². The molecule has 0 bridgehead atoms. The van der Waals surface area contributed by atoms with Crippen LogP contribution in [0.1, 0.15) is 42.3 Å². The van der Waals surface area contributed by atoms with Crippen LogP contribution in [0.3, 0.4) is 0 Å². The summed E-state index contributed by atoms with van der Waals surface area (Å²) in [5.41, 5.74) is 5.84. The van der Waals surface area contributed by atoms with Gasteiger partial charge in [0.15, 0.2) is 0 Å². The second-order valence-corrected chi connectivity index (χ2v) is 5.42. The van der Waals surface area contributed by atoms with Crippen molar-refractivity contribution in [1.29, 1.82) is 0 Å². The molecule has 0 radical (unpaired) electrons. The number of carbonyl (C=O) groups excluding carboxylic acids is 1. The highest BCUT2D eigenvalue weighted by Gasteiger charge is 2.23. The Kier molecular flexibility index (Phi) is 4.97. The molecule has 7 heteroatoms. The van der Waals surface area contributed by atoms with Crippen molar-refractivity contribution in [3.8, 4) is 0 Å². The minimum Gasteiger partial charge on any atom is -0.442 e. The number of nitrogens with zero attached hydrogens (tertiary/aromatic N) is 2. The van der Waals surface area contributed by atoms with E-state index in [9.17, 15) is 9.59 Å². The van der Waals surface area contributed by atoms with Crippen molar-refractivity contribution >= 4 is 17.0 Å². The summed E-state index contributed by atoms with van der Waals surface area (Å²) in [5, 5.41) is 3.10. The molecule has 0 aliphatic heterocycles. The normalized spacial score (nSPS) is 12.5. The number of nitrogens with one attached hydrogen (secondary N) is 1. The zero-order valence-corrected chi connectivity index (χ0v) is 13.2. The molecule has 120 valence electrons. The molecule has 0 fully saturated rings. The van der Waals surface area contributed by atoms with Gasteiger partial charge in [0.25, 0.3) is 11.5 Å². The standard InChI is InChI=1S/C15H22N4O3/c1-4-5-6-10(7-16)18-13(20)11-9(2)22-14-12(11)15(21)19(3)8-17-14/h8,10H,4-7,16H2,1-3H3,(H,18,20). The van der Waals surface area contributed by atoms with Crippen LogP contribution >= 0.6 is 0 Å². The first-order valence-corrected chi connectivity index (χ1v) is 7.45. The molecule has 0 aliphatic carbocycles. The summed E-state index contributed by atoms with van der Waals surface area (Å²) in [6.07, 6.45) is 4.20. The van der Waals surface area contributed by atoms with Crippen LogP contribution in [0.25, 0.3) is 11.1 Å². The van der Waals surface area contributed by atoms with Crippen molar-refractivity contribution in [2.24, 2.45) is 12.8 Å². The van der Waals surface area contributed by atoms with E-state index in [1.807, 2.05) is 0 Å². The summed E-state index contributed by atoms with van der Waals surface area (Å²) in [6.45, 7) is 4.09. The third kappa shape index (κ3) is 3.04. The summed E-state index contributed by atoms with van der Waals surface area (Å²) in [5.74, 6) is 0.0440. The second-order valence-electron chi connectivity index (χ2n) is 5.42. The summed E-state index contributed by atoms with van der Waals surface area (Å²) < 4.78 is 6.76. The number of carbonyl (C=O) groups is 1. The molecule has 2 heterocycles. The van der Waals surface area contributed by atoms with E-state index in [1.165, 1.54) is 10.9 Å². The molecule has 22 heavy (non-hydrogen) atoms. The zero-order chi connectivity index (χ0) is 16.3.